The smallest absolute Gasteiger partial charge is 0.307 e. The lowest BCUT2D eigenvalue weighted by molar-refractivity contribution is -0.143. The van der Waals surface area contributed by atoms with Crippen molar-refractivity contribution in [2.75, 3.05) is 0 Å². The highest BCUT2D eigenvalue weighted by atomic mass is 35.5. The van der Waals surface area contributed by atoms with Crippen LogP contribution in [0.1, 0.15) is 18.4 Å². The first-order chi connectivity index (χ1) is 6.68. The Bertz CT molecular complexity index is 336. The second-order valence-corrected chi connectivity index (χ2v) is 4.21. The molecule has 3 heteroatoms. The fraction of sp³-hybridized carbons (Fsp3) is 0.364. The first-order valence-electron chi connectivity index (χ1n) is 4.63. The lowest BCUT2D eigenvalue weighted by Crippen LogP contribution is -2.23. The molecule has 2 rings (SSSR count). The van der Waals surface area contributed by atoms with Gasteiger partial charge in [-0.2, -0.15) is 0 Å². The third-order valence-corrected chi connectivity index (χ3v) is 2.71. The van der Waals surface area contributed by atoms with E-state index in [1.807, 2.05) is 30.3 Å². The summed E-state index contributed by atoms with van der Waals surface area (Å²) < 4.78 is 5.08. The number of esters is 1. The van der Waals surface area contributed by atoms with Crippen molar-refractivity contribution < 1.29 is 9.53 Å². The Morgan fingerprint density at radius 3 is 2.64 bits per heavy atom. The van der Waals surface area contributed by atoms with Gasteiger partial charge >= 0.3 is 5.97 Å². The van der Waals surface area contributed by atoms with Crippen molar-refractivity contribution >= 4 is 17.6 Å². The molecule has 74 valence electrons. The van der Waals surface area contributed by atoms with Crippen molar-refractivity contribution in [3.63, 3.8) is 0 Å². The van der Waals surface area contributed by atoms with Gasteiger partial charge in [-0.15, -0.1) is 0 Å². The molecule has 1 aromatic rings. The largest absolute Gasteiger partial charge is 0.443 e. The van der Waals surface area contributed by atoms with Gasteiger partial charge in [0.2, 0.25) is 0 Å². The van der Waals surface area contributed by atoms with Crippen LogP contribution >= 0.6 is 11.6 Å². The molecule has 1 unspecified atom stereocenters. The Morgan fingerprint density at radius 2 is 2.07 bits per heavy atom. The van der Waals surface area contributed by atoms with E-state index < -0.39 is 5.06 Å². The Labute approximate surface area is 87.8 Å². The molecule has 1 aliphatic rings. The summed E-state index contributed by atoms with van der Waals surface area (Å²) in [7, 11) is 0. The van der Waals surface area contributed by atoms with E-state index in [2.05, 4.69) is 0 Å². The van der Waals surface area contributed by atoms with E-state index in [0.717, 1.165) is 5.56 Å². The van der Waals surface area contributed by atoms with Crippen molar-refractivity contribution in [3.05, 3.63) is 35.9 Å². The number of ether oxygens (including phenoxy) is 1. The van der Waals surface area contributed by atoms with E-state index in [4.69, 9.17) is 16.3 Å². The summed E-state index contributed by atoms with van der Waals surface area (Å²) >= 11 is 6.16. The van der Waals surface area contributed by atoms with Gasteiger partial charge in [0.05, 0.1) is 6.42 Å². The number of carbonyl (C=O) groups is 1. The molecule has 1 atom stereocenters. The molecule has 1 heterocycles. The summed E-state index contributed by atoms with van der Waals surface area (Å²) in [5.41, 5.74) is 1.09. The summed E-state index contributed by atoms with van der Waals surface area (Å²) in [5, 5.41) is -0.807. The number of alkyl halides is 1. The molecule has 1 saturated heterocycles. The van der Waals surface area contributed by atoms with Crippen LogP contribution in [0, 0.1) is 0 Å². The Morgan fingerprint density at radius 1 is 1.36 bits per heavy atom. The Hall–Kier alpha value is -1.02. The van der Waals surface area contributed by atoms with Crippen molar-refractivity contribution in [2.24, 2.45) is 0 Å². The van der Waals surface area contributed by atoms with Crippen LogP contribution in [0.5, 0.6) is 0 Å². The third-order valence-electron chi connectivity index (χ3n) is 2.31. The zero-order chi connectivity index (χ0) is 10.0. The summed E-state index contributed by atoms with van der Waals surface area (Å²) in [6.07, 6.45) is 1.61. The van der Waals surface area contributed by atoms with Gasteiger partial charge in [0.15, 0.2) is 5.06 Å². The molecule has 1 fully saturated rings. The highest BCUT2D eigenvalue weighted by Crippen LogP contribution is 2.33. The second kappa shape index (κ2) is 3.62. The maximum atomic E-state index is 10.9. The van der Waals surface area contributed by atoms with Crippen LogP contribution in [0.2, 0.25) is 0 Å². The molecule has 0 aromatic heterocycles. The van der Waals surface area contributed by atoms with E-state index in [1.54, 1.807) is 0 Å². The molecule has 0 spiro atoms. The number of carbonyl (C=O) groups excluding carboxylic acids is 1. The minimum absolute atomic E-state index is 0.198. The molecule has 0 amide bonds. The van der Waals surface area contributed by atoms with E-state index in [1.165, 1.54) is 0 Å². The first-order valence-corrected chi connectivity index (χ1v) is 5.00. The average Bonchev–Trinajstić information content (AvgIpc) is 2.47. The molecule has 14 heavy (non-hydrogen) atoms. The second-order valence-electron chi connectivity index (χ2n) is 3.52. The molecule has 2 nitrogen and oxygen atoms in total. The molecule has 0 N–H and O–H groups in total. The highest BCUT2D eigenvalue weighted by molar-refractivity contribution is 6.24. The van der Waals surface area contributed by atoms with Crippen LogP contribution in [-0.4, -0.2) is 11.0 Å². The normalized spacial score (nSPS) is 26.2. The first kappa shape index (κ1) is 9.53. The van der Waals surface area contributed by atoms with Gasteiger partial charge in [-0.1, -0.05) is 41.9 Å². The molecular formula is C11H11ClO2. The Kier molecular flexibility index (Phi) is 2.46. The van der Waals surface area contributed by atoms with E-state index in [-0.39, 0.29) is 5.97 Å². The molecule has 0 bridgehead atoms. The van der Waals surface area contributed by atoms with E-state index >= 15 is 0 Å². The molecule has 0 aliphatic carbocycles. The van der Waals surface area contributed by atoms with Crippen molar-refractivity contribution in [1.29, 1.82) is 0 Å². The maximum absolute atomic E-state index is 10.9. The summed E-state index contributed by atoms with van der Waals surface area (Å²) in [5.74, 6) is -0.198. The average molecular weight is 211 g/mol. The molecule has 0 saturated carbocycles. The molecular weight excluding hydrogens is 200 g/mol. The van der Waals surface area contributed by atoms with Gasteiger partial charge in [0, 0.05) is 12.8 Å². The fourth-order valence-electron chi connectivity index (χ4n) is 1.62. The number of hydrogen-bond acceptors (Lipinski definition) is 2. The van der Waals surface area contributed by atoms with Gasteiger partial charge in [0.1, 0.15) is 0 Å². The van der Waals surface area contributed by atoms with Crippen LogP contribution in [0.25, 0.3) is 0 Å². The van der Waals surface area contributed by atoms with Crippen LogP contribution in [-0.2, 0) is 16.0 Å². The van der Waals surface area contributed by atoms with Crippen molar-refractivity contribution in [3.8, 4) is 0 Å². The quantitative estimate of drug-likeness (QED) is 0.554. The molecule has 0 radical (unpaired) electrons. The van der Waals surface area contributed by atoms with Gasteiger partial charge in [0.25, 0.3) is 0 Å². The maximum Gasteiger partial charge on any atom is 0.307 e. The SMILES string of the molecule is O=C1CCC(Cl)(Cc2ccccc2)O1. The number of rotatable bonds is 2. The number of hydrogen-bond donors (Lipinski definition) is 0. The number of halogens is 1. The monoisotopic (exact) mass is 210 g/mol. The van der Waals surface area contributed by atoms with Crippen LogP contribution in [0.4, 0.5) is 0 Å². The van der Waals surface area contributed by atoms with E-state index in [0.29, 0.717) is 19.3 Å². The van der Waals surface area contributed by atoms with Crippen molar-refractivity contribution in [2.45, 2.75) is 24.3 Å². The number of benzene rings is 1. The van der Waals surface area contributed by atoms with Crippen LogP contribution in [0.3, 0.4) is 0 Å². The lowest BCUT2D eigenvalue weighted by Gasteiger charge is -2.19. The molecule has 1 aliphatic heterocycles. The zero-order valence-corrected chi connectivity index (χ0v) is 8.46. The minimum atomic E-state index is -0.807. The lowest BCUT2D eigenvalue weighted by atomic mass is 10.1. The van der Waals surface area contributed by atoms with Crippen LogP contribution in [0.15, 0.2) is 30.3 Å². The summed E-state index contributed by atoms with van der Waals surface area (Å²) in [6.45, 7) is 0. The van der Waals surface area contributed by atoms with E-state index in [9.17, 15) is 4.79 Å². The zero-order valence-electron chi connectivity index (χ0n) is 7.70. The summed E-state index contributed by atoms with van der Waals surface area (Å²) in [6, 6.07) is 9.82. The third kappa shape index (κ3) is 2.07. The Balaban J connectivity index is 2.08. The molecule has 1 aromatic carbocycles. The minimum Gasteiger partial charge on any atom is -0.443 e. The fourth-order valence-corrected chi connectivity index (χ4v) is 1.95. The predicted octanol–water partition coefficient (Wildman–Crippen LogP) is 2.50. The van der Waals surface area contributed by atoms with Gasteiger partial charge in [-0.25, -0.2) is 0 Å². The van der Waals surface area contributed by atoms with Gasteiger partial charge < -0.3 is 4.74 Å². The van der Waals surface area contributed by atoms with Crippen LogP contribution < -0.4 is 0 Å². The van der Waals surface area contributed by atoms with Crippen molar-refractivity contribution in [1.82, 2.24) is 0 Å². The predicted molar refractivity (Wildman–Crippen MR) is 54.1 cm³/mol. The van der Waals surface area contributed by atoms with Gasteiger partial charge in [-0.3, -0.25) is 4.79 Å². The number of cyclic esters (lactones) is 1. The van der Waals surface area contributed by atoms with Gasteiger partial charge in [-0.05, 0) is 5.56 Å². The topological polar surface area (TPSA) is 26.3 Å². The summed E-state index contributed by atoms with van der Waals surface area (Å²) in [4.78, 5) is 10.9. The highest BCUT2D eigenvalue weighted by Gasteiger charge is 2.38. The standard InChI is InChI=1S/C11H11ClO2/c12-11(7-6-10(13)14-11)8-9-4-2-1-3-5-9/h1-5H,6-8H2.